The molecule has 1 aliphatic rings. The molecule has 0 saturated carbocycles. The minimum Gasteiger partial charge on any atom is -0.366 e. The highest BCUT2D eigenvalue weighted by atomic mass is 19.1. The molecule has 2 rings (SSSR count). The lowest BCUT2D eigenvalue weighted by molar-refractivity contribution is 0.627. The van der Waals surface area contributed by atoms with Crippen LogP contribution in [0.4, 0.5) is 10.1 Å². The number of nitrogens with zero attached hydrogens (tertiary/aromatic N) is 2. The van der Waals surface area contributed by atoms with Crippen molar-refractivity contribution in [2.24, 2.45) is 0 Å². The van der Waals surface area contributed by atoms with Crippen LogP contribution in [0.5, 0.6) is 0 Å². The highest BCUT2D eigenvalue weighted by molar-refractivity contribution is 5.60. The van der Waals surface area contributed by atoms with Crippen LogP contribution in [0.3, 0.4) is 0 Å². The van der Waals surface area contributed by atoms with Crippen molar-refractivity contribution in [3.8, 4) is 6.07 Å². The summed E-state index contributed by atoms with van der Waals surface area (Å²) < 4.78 is 13.0. The molecule has 0 N–H and O–H groups in total. The predicted octanol–water partition coefficient (Wildman–Crippen LogP) is 2.85. The molecule has 0 atom stereocenters. The van der Waals surface area contributed by atoms with Crippen LogP contribution >= 0.6 is 0 Å². The van der Waals surface area contributed by atoms with Crippen LogP contribution < -0.4 is 4.90 Å². The Morgan fingerprint density at radius 1 is 1.44 bits per heavy atom. The van der Waals surface area contributed by atoms with E-state index < -0.39 is 0 Å². The molecule has 1 aliphatic heterocycles. The third-order valence-corrected chi connectivity index (χ3v) is 2.75. The first-order valence-electron chi connectivity index (χ1n) is 5.31. The first-order valence-corrected chi connectivity index (χ1v) is 5.31. The molecule has 0 aliphatic carbocycles. The van der Waals surface area contributed by atoms with Gasteiger partial charge in [-0.2, -0.15) is 5.26 Å². The van der Waals surface area contributed by atoms with E-state index >= 15 is 0 Å². The van der Waals surface area contributed by atoms with Crippen LogP contribution in [-0.4, -0.2) is 13.1 Å². The van der Waals surface area contributed by atoms with Gasteiger partial charge in [0.25, 0.3) is 0 Å². The fourth-order valence-corrected chi connectivity index (χ4v) is 1.99. The van der Waals surface area contributed by atoms with Crippen LogP contribution in [0.15, 0.2) is 29.8 Å². The number of nitriles is 1. The van der Waals surface area contributed by atoms with Crippen molar-refractivity contribution in [1.82, 2.24) is 0 Å². The van der Waals surface area contributed by atoms with Crippen molar-refractivity contribution in [2.45, 2.75) is 13.3 Å². The summed E-state index contributed by atoms with van der Waals surface area (Å²) in [6.07, 6.45) is 3.18. The van der Waals surface area contributed by atoms with Crippen LogP contribution in [-0.2, 0) is 0 Å². The maximum absolute atomic E-state index is 13.0. The Morgan fingerprint density at radius 3 is 2.94 bits per heavy atom. The first-order chi connectivity index (χ1) is 7.70. The van der Waals surface area contributed by atoms with E-state index in [1.54, 1.807) is 6.07 Å². The summed E-state index contributed by atoms with van der Waals surface area (Å²) in [7, 11) is 0. The van der Waals surface area contributed by atoms with Gasteiger partial charge in [-0.25, -0.2) is 4.39 Å². The smallest absolute Gasteiger partial charge is 0.124 e. The number of rotatable bonds is 1. The molecule has 0 unspecified atom stereocenters. The normalized spacial score (nSPS) is 15.6. The van der Waals surface area contributed by atoms with Gasteiger partial charge in [-0.1, -0.05) is 11.6 Å². The number of hydrogen-bond donors (Lipinski definition) is 0. The van der Waals surface area contributed by atoms with Crippen molar-refractivity contribution in [1.29, 1.82) is 5.26 Å². The summed E-state index contributed by atoms with van der Waals surface area (Å²) >= 11 is 0. The van der Waals surface area contributed by atoms with E-state index in [2.05, 4.69) is 17.9 Å². The Morgan fingerprint density at radius 2 is 2.25 bits per heavy atom. The van der Waals surface area contributed by atoms with Crippen molar-refractivity contribution in [2.75, 3.05) is 18.0 Å². The minimum atomic E-state index is -0.357. The monoisotopic (exact) mass is 216 g/mol. The van der Waals surface area contributed by atoms with E-state index in [1.807, 2.05) is 6.07 Å². The predicted molar refractivity (Wildman–Crippen MR) is 61.7 cm³/mol. The third-order valence-electron chi connectivity index (χ3n) is 2.75. The van der Waals surface area contributed by atoms with Gasteiger partial charge < -0.3 is 4.90 Å². The molecule has 1 heterocycles. The van der Waals surface area contributed by atoms with Gasteiger partial charge in [-0.15, -0.1) is 0 Å². The molecule has 3 heteroatoms. The minimum absolute atomic E-state index is 0.357. The van der Waals surface area contributed by atoms with Gasteiger partial charge in [0.1, 0.15) is 11.9 Å². The Bertz CT molecular complexity index is 471. The highest BCUT2D eigenvalue weighted by Gasteiger charge is 2.14. The maximum Gasteiger partial charge on any atom is 0.124 e. The lowest BCUT2D eigenvalue weighted by Gasteiger charge is -2.28. The summed E-state index contributed by atoms with van der Waals surface area (Å²) in [5, 5.41) is 8.98. The number of benzene rings is 1. The molecule has 0 radical (unpaired) electrons. The molecular weight excluding hydrogens is 203 g/mol. The van der Waals surface area contributed by atoms with Gasteiger partial charge in [-0.3, -0.25) is 0 Å². The van der Waals surface area contributed by atoms with Crippen LogP contribution in [0.1, 0.15) is 18.9 Å². The highest BCUT2D eigenvalue weighted by Crippen LogP contribution is 2.24. The van der Waals surface area contributed by atoms with Crippen molar-refractivity contribution >= 4 is 5.69 Å². The zero-order chi connectivity index (χ0) is 11.5. The molecule has 16 heavy (non-hydrogen) atoms. The average molecular weight is 216 g/mol. The lowest BCUT2D eigenvalue weighted by Crippen LogP contribution is -2.29. The number of hydrogen-bond acceptors (Lipinski definition) is 2. The summed E-state index contributed by atoms with van der Waals surface area (Å²) in [4.78, 5) is 2.12. The Labute approximate surface area is 94.6 Å². The largest absolute Gasteiger partial charge is 0.366 e. The molecule has 0 amide bonds. The Kier molecular flexibility index (Phi) is 2.91. The molecule has 0 bridgehead atoms. The third kappa shape index (κ3) is 2.06. The van der Waals surface area contributed by atoms with Crippen LogP contribution in [0, 0.1) is 17.1 Å². The van der Waals surface area contributed by atoms with Crippen molar-refractivity contribution < 1.29 is 4.39 Å². The van der Waals surface area contributed by atoms with E-state index in [0.29, 0.717) is 5.56 Å². The molecule has 82 valence electrons. The SMILES string of the molecule is CC1=CCCN(c2ccc(F)cc2C#N)C1. The van der Waals surface area contributed by atoms with E-state index in [9.17, 15) is 4.39 Å². The number of anilines is 1. The summed E-state index contributed by atoms with van der Waals surface area (Å²) in [6, 6.07) is 6.44. The second-order valence-corrected chi connectivity index (χ2v) is 4.03. The Hall–Kier alpha value is -1.82. The van der Waals surface area contributed by atoms with Crippen molar-refractivity contribution in [3.05, 3.63) is 41.2 Å². The van der Waals surface area contributed by atoms with E-state index in [1.165, 1.54) is 17.7 Å². The molecule has 0 saturated heterocycles. The van der Waals surface area contributed by atoms with Gasteiger partial charge in [0.05, 0.1) is 11.3 Å². The van der Waals surface area contributed by atoms with Gasteiger partial charge >= 0.3 is 0 Å². The van der Waals surface area contributed by atoms with E-state index in [0.717, 1.165) is 25.2 Å². The first kappa shape index (κ1) is 10.7. The topological polar surface area (TPSA) is 27.0 Å². The van der Waals surface area contributed by atoms with Crippen LogP contribution in [0.25, 0.3) is 0 Å². The molecule has 0 fully saturated rings. The van der Waals surface area contributed by atoms with Gasteiger partial charge in [0.2, 0.25) is 0 Å². The fraction of sp³-hybridized carbons (Fsp3) is 0.308. The molecule has 2 nitrogen and oxygen atoms in total. The quantitative estimate of drug-likeness (QED) is 0.675. The van der Waals surface area contributed by atoms with E-state index in [4.69, 9.17) is 5.26 Å². The fourth-order valence-electron chi connectivity index (χ4n) is 1.99. The second-order valence-electron chi connectivity index (χ2n) is 4.03. The lowest BCUT2D eigenvalue weighted by atomic mass is 10.1. The summed E-state index contributed by atoms with van der Waals surface area (Å²) in [6.45, 7) is 3.78. The second kappa shape index (κ2) is 4.36. The number of halogens is 1. The average Bonchev–Trinajstić information content (AvgIpc) is 2.28. The molecule has 0 aromatic heterocycles. The zero-order valence-corrected chi connectivity index (χ0v) is 9.20. The molecule has 1 aromatic carbocycles. The van der Waals surface area contributed by atoms with E-state index in [-0.39, 0.29) is 5.82 Å². The van der Waals surface area contributed by atoms with Crippen LogP contribution in [0.2, 0.25) is 0 Å². The standard InChI is InChI=1S/C13H13FN2/c1-10-3-2-6-16(9-10)13-5-4-12(14)7-11(13)8-15/h3-5,7H,2,6,9H2,1H3. The summed E-state index contributed by atoms with van der Waals surface area (Å²) in [5.41, 5.74) is 2.53. The van der Waals surface area contributed by atoms with Gasteiger partial charge in [0.15, 0.2) is 0 Å². The maximum atomic E-state index is 13.0. The molecule has 0 spiro atoms. The Balaban J connectivity index is 2.34. The molecule has 1 aromatic rings. The molecular formula is C13H13FN2. The van der Waals surface area contributed by atoms with Crippen molar-refractivity contribution in [3.63, 3.8) is 0 Å². The van der Waals surface area contributed by atoms with Gasteiger partial charge in [0, 0.05) is 13.1 Å². The van der Waals surface area contributed by atoms with Gasteiger partial charge in [-0.05, 0) is 31.5 Å². The zero-order valence-electron chi connectivity index (χ0n) is 9.20. The summed E-state index contributed by atoms with van der Waals surface area (Å²) in [5.74, 6) is -0.357.